The second-order valence-corrected chi connectivity index (χ2v) is 5.89. The molecule has 1 heterocycles. The predicted molar refractivity (Wildman–Crippen MR) is 94.1 cm³/mol. The number of hydrogen-bond donors (Lipinski definition) is 1. The van der Waals surface area contributed by atoms with Gasteiger partial charge in [-0.15, -0.1) is 0 Å². The summed E-state index contributed by atoms with van der Waals surface area (Å²) >= 11 is 0. The fraction of sp³-hybridized carbons (Fsp3) is 0.250. The molecular weight excluding hydrogens is 321 g/mol. The number of allylic oxidation sites excluding steroid dienone is 1. The van der Waals surface area contributed by atoms with Crippen molar-refractivity contribution in [1.29, 1.82) is 0 Å². The van der Waals surface area contributed by atoms with Gasteiger partial charge in [0.25, 0.3) is 0 Å². The zero-order valence-electron chi connectivity index (χ0n) is 14.3. The van der Waals surface area contributed by atoms with Crippen molar-refractivity contribution in [3.05, 3.63) is 64.7 Å². The molecule has 5 heteroatoms. The van der Waals surface area contributed by atoms with Crippen molar-refractivity contribution in [3.63, 3.8) is 0 Å². The SMILES string of the molecule is CCN(CC)Cc1c(O)ccc2c1OC(=Cc1ccc(F)cc1)C2=O. The fourth-order valence-corrected chi connectivity index (χ4v) is 2.83. The lowest BCUT2D eigenvalue weighted by Crippen LogP contribution is -2.22. The minimum absolute atomic E-state index is 0.112. The number of carbonyl (C=O) groups is 1. The predicted octanol–water partition coefficient (Wildman–Crippen LogP) is 3.99. The van der Waals surface area contributed by atoms with E-state index in [1.807, 2.05) is 13.8 Å². The van der Waals surface area contributed by atoms with Gasteiger partial charge in [-0.05, 0) is 49.0 Å². The molecule has 0 radical (unpaired) electrons. The first kappa shape index (κ1) is 17.2. The number of Topliss-reactive ketones (excluding diaryl/α,β-unsaturated/α-hetero) is 1. The Bertz CT molecular complexity index is 824. The third-order valence-corrected chi connectivity index (χ3v) is 4.36. The average molecular weight is 341 g/mol. The molecule has 1 aliphatic heterocycles. The van der Waals surface area contributed by atoms with E-state index in [2.05, 4.69) is 4.90 Å². The summed E-state index contributed by atoms with van der Waals surface area (Å²) in [5.74, 6) is 0.121. The van der Waals surface area contributed by atoms with E-state index in [1.54, 1.807) is 24.3 Å². The maximum Gasteiger partial charge on any atom is 0.231 e. The number of aromatic hydroxyl groups is 1. The zero-order valence-corrected chi connectivity index (χ0v) is 14.3. The molecule has 0 saturated carbocycles. The number of nitrogens with zero attached hydrogens (tertiary/aromatic N) is 1. The molecule has 1 aliphatic rings. The number of fused-ring (bicyclic) bond motifs is 1. The third-order valence-electron chi connectivity index (χ3n) is 4.36. The van der Waals surface area contributed by atoms with Crippen molar-refractivity contribution in [1.82, 2.24) is 4.90 Å². The van der Waals surface area contributed by atoms with E-state index in [-0.39, 0.29) is 23.1 Å². The van der Waals surface area contributed by atoms with E-state index in [0.29, 0.717) is 29.0 Å². The van der Waals surface area contributed by atoms with E-state index in [0.717, 1.165) is 13.1 Å². The molecule has 1 N–H and O–H groups in total. The summed E-state index contributed by atoms with van der Waals surface area (Å²) in [6.07, 6.45) is 1.58. The number of phenolic OH excluding ortho intramolecular Hbond substituents is 1. The standard InChI is InChI=1S/C20H20FNO3/c1-3-22(4-2)12-16-17(23)10-9-15-19(24)18(25-20(15)16)11-13-5-7-14(21)8-6-13/h5-11,23H,3-4,12H2,1-2H3. The quantitative estimate of drug-likeness (QED) is 0.836. The van der Waals surface area contributed by atoms with Crippen LogP contribution in [0.4, 0.5) is 4.39 Å². The van der Waals surface area contributed by atoms with Gasteiger partial charge < -0.3 is 9.84 Å². The molecule has 2 aromatic rings. The molecule has 130 valence electrons. The molecular formula is C20H20FNO3. The van der Waals surface area contributed by atoms with E-state index < -0.39 is 0 Å². The molecule has 0 unspecified atom stereocenters. The highest BCUT2D eigenvalue weighted by Gasteiger charge is 2.31. The van der Waals surface area contributed by atoms with Crippen LogP contribution in [-0.2, 0) is 6.54 Å². The highest BCUT2D eigenvalue weighted by atomic mass is 19.1. The second-order valence-electron chi connectivity index (χ2n) is 5.89. The van der Waals surface area contributed by atoms with Crippen LogP contribution in [0.3, 0.4) is 0 Å². The van der Waals surface area contributed by atoms with Crippen LogP contribution in [0.1, 0.15) is 35.3 Å². The summed E-state index contributed by atoms with van der Waals surface area (Å²) in [4.78, 5) is 14.7. The monoisotopic (exact) mass is 341 g/mol. The van der Waals surface area contributed by atoms with Crippen LogP contribution in [0.15, 0.2) is 42.2 Å². The van der Waals surface area contributed by atoms with Gasteiger partial charge >= 0.3 is 0 Å². The number of ether oxygens (including phenoxy) is 1. The Morgan fingerprint density at radius 2 is 1.80 bits per heavy atom. The lowest BCUT2D eigenvalue weighted by molar-refractivity contribution is 0.101. The van der Waals surface area contributed by atoms with Gasteiger partial charge in [0.1, 0.15) is 17.3 Å². The number of carbonyl (C=O) groups excluding carboxylic acids is 1. The van der Waals surface area contributed by atoms with Gasteiger partial charge in [-0.2, -0.15) is 0 Å². The molecule has 0 atom stereocenters. The Kier molecular flexibility index (Phi) is 4.86. The third kappa shape index (κ3) is 3.42. The van der Waals surface area contributed by atoms with Gasteiger partial charge in [-0.25, -0.2) is 4.39 Å². The fourth-order valence-electron chi connectivity index (χ4n) is 2.83. The van der Waals surface area contributed by atoms with Crippen LogP contribution in [0.25, 0.3) is 6.08 Å². The number of rotatable bonds is 5. The van der Waals surface area contributed by atoms with Gasteiger partial charge in [0.05, 0.1) is 11.1 Å². The number of phenols is 1. The summed E-state index contributed by atoms with van der Waals surface area (Å²) in [6, 6.07) is 8.92. The summed E-state index contributed by atoms with van der Waals surface area (Å²) in [6.45, 7) is 6.22. The maximum absolute atomic E-state index is 13.0. The van der Waals surface area contributed by atoms with E-state index in [4.69, 9.17) is 4.74 Å². The minimum atomic E-state index is -0.337. The number of benzene rings is 2. The van der Waals surface area contributed by atoms with Gasteiger partial charge in [0, 0.05) is 6.54 Å². The Morgan fingerprint density at radius 1 is 1.12 bits per heavy atom. The summed E-state index contributed by atoms with van der Waals surface area (Å²) < 4.78 is 18.8. The summed E-state index contributed by atoms with van der Waals surface area (Å²) in [7, 11) is 0. The average Bonchev–Trinajstić information content (AvgIpc) is 2.92. The van der Waals surface area contributed by atoms with Crippen molar-refractivity contribution in [2.24, 2.45) is 0 Å². The lowest BCUT2D eigenvalue weighted by Gasteiger charge is -2.20. The normalized spacial score (nSPS) is 14.9. The summed E-state index contributed by atoms with van der Waals surface area (Å²) in [5, 5.41) is 10.2. The van der Waals surface area contributed by atoms with Crippen LogP contribution < -0.4 is 4.74 Å². The van der Waals surface area contributed by atoms with Crippen molar-refractivity contribution in [2.75, 3.05) is 13.1 Å². The molecule has 4 nitrogen and oxygen atoms in total. The van der Waals surface area contributed by atoms with Gasteiger partial charge in [0.15, 0.2) is 5.76 Å². The first-order valence-electron chi connectivity index (χ1n) is 8.30. The van der Waals surface area contributed by atoms with Crippen molar-refractivity contribution >= 4 is 11.9 Å². The van der Waals surface area contributed by atoms with Gasteiger partial charge in [-0.1, -0.05) is 26.0 Å². The molecule has 0 amide bonds. The molecule has 2 aromatic carbocycles. The van der Waals surface area contributed by atoms with Crippen LogP contribution in [-0.4, -0.2) is 28.9 Å². The van der Waals surface area contributed by atoms with E-state index in [9.17, 15) is 14.3 Å². The summed E-state index contributed by atoms with van der Waals surface area (Å²) in [5.41, 5.74) is 1.72. The van der Waals surface area contributed by atoms with Crippen LogP contribution in [0.5, 0.6) is 11.5 Å². The molecule has 0 bridgehead atoms. The van der Waals surface area contributed by atoms with Gasteiger partial charge in [0.2, 0.25) is 5.78 Å². The van der Waals surface area contributed by atoms with Crippen molar-refractivity contribution < 1.29 is 19.0 Å². The Hall–Kier alpha value is -2.66. The van der Waals surface area contributed by atoms with Crippen LogP contribution in [0.2, 0.25) is 0 Å². The molecule has 3 rings (SSSR count). The molecule has 0 saturated heterocycles. The minimum Gasteiger partial charge on any atom is -0.507 e. The Labute approximate surface area is 146 Å². The van der Waals surface area contributed by atoms with Crippen LogP contribution in [0, 0.1) is 5.82 Å². The highest BCUT2D eigenvalue weighted by molar-refractivity contribution is 6.15. The Morgan fingerprint density at radius 3 is 2.44 bits per heavy atom. The first-order valence-corrected chi connectivity index (χ1v) is 8.30. The zero-order chi connectivity index (χ0) is 18.0. The number of ketones is 1. The highest BCUT2D eigenvalue weighted by Crippen LogP contribution is 2.40. The molecule has 0 fully saturated rings. The Balaban J connectivity index is 1.96. The van der Waals surface area contributed by atoms with Crippen molar-refractivity contribution in [3.8, 4) is 11.5 Å². The van der Waals surface area contributed by atoms with Crippen molar-refractivity contribution in [2.45, 2.75) is 20.4 Å². The molecule has 0 aromatic heterocycles. The second kappa shape index (κ2) is 7.07. The van der Waals surface area contributed by atoms with E-state index >= 15 is 0 Å². The topological polar surface area (TPSA) is 49.8 Å². The van der Waals surface area contributed by atoms with Gasteiger partial charge in [-0.3, -0.25) is 9.69 Å². The molecule has 0 aliphatic carbocycles. The molecule has 25 heavy (non-hydrogen) atoms. The van der Waals surface area contributed by atoms with E-state index in [1.165, 1.54) is 18.2 Å². The lowest BCUT2D eigenvalue weighted by atomic mass is 10.0. The first-order chi connectivity index (χ1) is 12.0. The largest absolute Gasteiger partial charge is 0.507 e. The number of hydrogen-bond acceptors (Lipinski definition) is 4. The smallest absolute Gasteiger partial charge is 0.231 e. The maximum atomic E-state index is 13.0. The van der Waals surface area contributed by atoms with Crippen LogP contribution >= 0.6 is 0 Å². The number of halogens is 1. The molecule has 0 spiro atoms.